The number of aryl methyl sites for hydroxylation is 1. The third-order valence-electron chi connectivity index (χ3n) is 6.04. The Morgan fingerprint density at radius 3 is 2.47 bits per heavy atom. The van der Waals surface area contributed by atoms with Crippen molar-refractivity contribution >= 4 is 37.6 Å². The van der Waals surface area contributed by atoms with Crippen molar-refractivity contribution in [1.29, 1.82) is 0 Å². The predicted octanol–water partition coefficient (Wildman–Crippen LogP) is 3.92. The van der Waals surface area contributed by atoms with Crippen molar-refractivity contribution in [2.75, 3.05) is 12.0 Å². The average Bonchev–Trinajstić information content (AvgIpc) is 2.82. The smallest absolute Gasteiger partial charge is 0.382 e. The summed E-state index contributed by atoms with van der Waals surface area (Å²) in [5, 5.41) is 0.126. The molecule has 9 nitrogen and oxygen atoms in total. The Hall–Kier alpha value is -4.39. The minimum atomic E-state index is -4.95. The van der Waals surface area contributed by atoms with Crippen LogP contribution < -0.4 is 11.3 Å². The summed E-state index contributed by atoms with van der Waals surface area (Å²) in [6, 6.07) is 9.79. The number of halogens is 3. The van der Waals surface area contributed by atoms with Gasteiger partial charge in [-0.25, -0.2) is 23.4 Å². The number of sulfone groups is 1. The number of nitrogens with zero attached hydrogens (tertiary/aromatic N) is 4. The number of fused-ring (bicyclic) bond motifs is 2. The fourth-order valence-corrected chi connectivity index (χ4v) is 5.22. The number of nitrogens with two attached hydrogens (primary N) is 1. The lowest BCUT2D eigenvalue weighted by Gasteiger charge is -2.23. The second-order valence-corrected chi connectivity index (χ2v) is 10.7. The standard InChI is InChI=1S/C25H19F3N6O3S/c1-12-8-10-31-24(35)17(12)20-14(11-13-5-3-7-16(19(13)33-20)38(2,36)37)18(25(26,27)28)23-32-15-6-4-9-30-21(15)22(29)34-23/h3-11,18H,1-2H3,(H,31,35)(H2,29,32,34)/t18-/m1/s1. The van der Waals surface area contributed by atoms with E-state index in [2.05, 4.69) is 24.9 Å². The molecule has 194 valence electrons. The molecule has 0 amide bonds. The zero-order chi connectivity index (χ0) is 27.4. The van der Waals surface area contributed by atoms with E-state index in [1.54, 1.807) is 6.92 Å². The van der Waals surface area contributed by atoms with Crippen LogP contribution in [0, 0.1) is 6.92 Å². The molecule has 13 heteroatoms. The minimum absolute atomic E-state index is 0.0690. The topological polar surface area (TPSA) is 145 Å². The van der Waals surface area contributed by atoms with Gasteiger partial charge in [0.05, 0.1) is 27.2 Å². The number of hydrogen-bond acceptors (Lipinski definition) is 8. The van der Waals surface area contributed by atoms with E-state index in [4.69, 9.17) is 5.73 Å². The van der Waals surface area contributed by atoms with E-state index in [1.165, 1.54) is 54.9 Å². The molecule has 3 N–H and O–H groups in total. The van der Waals surface area contributed by atoms with Crippen molar-refractivity contribution in [3.05, 3.63) is 82.2 Å². The van der Waals surface area contributed by atoms with Gasteiger partial charge in [-0.05, 0) is 48.4 Å². The quantitative estimate of drug-likeness (QED) is 0.349. The Kier molecular flexibility index (Phi) is 5.90. The maximum Gasteiger partial charge on any atom is 0.402 e. The number of pyridine rings is 3. The fourth-order valence-electron chi connectivity index (χ4n) is 4.38. The zero-order valence-electron chi connectivity index (χ0n) is 19.9. The molecule has 0 spiro atoms. The van der Waals surface area contributed by atoms with E-state index in [9.17, 15) is 26.4 Å². The number of aromatic nitrogens is 5. The van der Waals surface area contributed by atoms with Crippen molar-refractivity contribution in [3.63, 3.8) is 0 Å². The molecule has 0 aliphatic rings. The molecule has 0 aliphatic carbocycles. The van der Waals surface area contributed by atoms with Gasteiger partial charge in [0.25, 0.3) is 5.56 Å². The minimum Gasteiger partial charge on any atom is -0.382 e. The number of H-pyrrole nitrogens is 1. The Morgan fingerprint density at radius 1 is 1.03 bits per heavy atom. The highest BCUT2D eigenvalue weighted by Crippen LogP contribution is 2.44. The monoisotopic (exact) mass is 540 g/mol. The summed E-state index contributed by atoms with van der Waals surface area (Å²) in [7, 11) is -3.81. The summed E-state index contributed by atoms with van der Waals surface area (Å²) in [5.74, 6) is -3.37. The number of nitrogen functional groups attached to an aromatic ring is 1. The number of nitrogens with one attached hydrogen (secondary N) is 1. The molecule has 0 bridgehead atoms. The Balaban J connectivity index is 1.93. The van der Waals surface area contributed by atoms with Crippen LogP contribution in [0.2, 0.25) is 0 Å². The Bertz CT molecular complexity index is 1910. The number of anilines is 1. The normalized spacial score (nSPS) is 13.2. The third-order valence-corrected chi connectivity index (χ3v) is 7.17. The van der Waals surface area contributed by atoms with Crippen LogP contribution in [0.15, 0.2) is 64.5 Å². The Labute approximate surface area is 213 Å². The van der Waals surface area contributed by atoms with Crippen molar-refractivity contribution in [1.82, 2.24) is 24.9 Å². The van der Waals surface area contributed by atoms with E-state index in [1.807, 2.05) is 0 Å². The van der Waals surface area contributed by atoms with E-state index in [0.29, 0.717) is 5.56 Å². The summed E-state index contributed by atoms with van der Waals surface area (Å²) in [6.45, 7) is 1.54. The van der Waals surface area contributed by atoms with Gasteiger partial charge in [-0.2, -0.15) is 13.2 Å². The number of rotatable bonds is 4. The first kappa shape index (κ1) is 25.3. The van der Waals surface area contributed by atoms with Crippen LogP contribution in [0.4, 0.5) is 19.0 Å². The molecule has 0 aliphatic heterocycles. The zero-order valence-corrected chi connectivity index (χ0v) is 20.7. The maximum absolute atomic E-state index is 14.8. The van der Waals surface area contributed by atoms with Crippen molar-refractivity contribution in [2.24, 2.45) is 0 Å². The summed E-state index contributed by atoms with van der Waals surface area (Å²) >= 11 is 0. The van der Waals surface area contributed by atoms with Crippen LogP contribution in [-0.2, 0) is 9.84 Å². The number of benzene rings is 1. The third kappa shape index (κ3) is 4.34. The lowest BCUT2D eigenvalue weighted by molar-refractivity contribution is -0.142. The van der Waals surface area contributed by atoms with E-state index < -0.39 is 38.9 Å². The van der Waals surface area contributed by atoms with Crippen molar-refractivity contribution < 1.29 is 21.6 Å². The lowest BCUT2D eigenvalue weighted by Crippen LogP contribution is -2.26. The molecule has 4 heterocycles. The molecule has 1 atom stereocenters. The summed E-state index contributed by atoms with van der Waals surface area (Å²) in [6.07, 6.45) is -1.21. The van der Waals surface area contributed by atoms with Gasteiger partial charge >= 0.3 is 6.18 Å². The molecule has 5 rings (SSSR count). The fraction of sp³-hybridized carbons (Fsp3) is 0.160. The molecule has 5 aromatic rings. The number of alkyl halides is 3. The first-order chi connectivity index (χ1) is 17.9. The molecular formula is C25H19F3N6O3S. The van der Waals surface area contributed by atoms with Gasteiger partial charge in [-0.1, -0.05) is 12.1 Å². The predicted molar refractivity (Wildman–Crippen MR) is 135 cm³/mol. The molecule has 0 saturated carbocycles. The van der Waals surface area contributed by atoms with Crippen LogP contribution in [-0.4, -0.2) is 45.8 Å². The highest BCUT2D eigenvalue weighted by atomic mass is 32.2. The van der Waals surface area contributed by atoms with E-state index in [0.717, 1.165) is 6.26 Å². The van der Waals surface area contributed by atoms with Gasteiger partial charge in [-0.3, -0.25) is 9.78 Å². The molecule has 0 fully saturated rings. The first-order valence-electron chi connectivity index (χ1n) is 11.1. The van der Waals surface area contributed by atoms with E-state index >= 15 is 0 Å². The summed E-state index contributed by atoms with van der Waals surface area (Å²) in [5.41, 5.74) is 4.85. The van der Waals surface area contributed by atoms with Gasteiger partial charge < -0.3 is 10.7 Å². The molecule has 1 aromatic carbocycles. The van der Waals surface area contributed by atoms with Gasteiger partial charge in [-0.15, -0.1) is 0 Å². The number of hydrogen-bond donors (Lipinski definition) is 2. The largest absolute Gasteiger partial charge is 0.402 e. The molecule has 38 heavy (non-hydrogen) atoms. The molecule has 0 radical (unpaired) electrons. The highest BCUT2D eigenvalue weighted by molar-refractivity contribution is 7.91. The average molecular weight is 541 g/mol. The first-order valence-corrected chi connectivity index (χ1v) is 13.0. The van der Waals surface area contributed by atoms with Crippen molar-refractivity contribution in [2.45, 2.75) is 23.9 Å². The van der Waals surface area contributed by atoms with Crippen LogP contribution in [0.1, 0.15) is 22.9 Å². The Morgan fingerprint density at radius 2 is 1.79 bits per heavy atom. The molecule has 0 unspecified atom stereocenters. The van der Waals surface area contributed by atoms with Crippen LogP contribution >= 0.6 is 0 Å². The van der Waals surface area contributed by atoms with Gasteiger partial charge in [0, 0.05) is 24.0 Å². The van der Waals surface area contributed by atoms with Gasteiger partial charge in [0.2, 0.25) is 0 Å². The number of aromatic amines is 1. The second kappa shape index (κ2) is 8.87. The molecular weight excluding hydrogens is 521 g/mol. The van der Waals surface area contributed by atoms with Crippen LogP contribution in [0.25, 0.3) is 33.2 Å². The highest BCUT2D eigenvalue weighted by Gasteiger charge is 2.46. The molecule has 4 aromatic heterocycles. The van der Waals surface area contributed by atoms with E-state index in [-0.39, 0.29) is 43.9 Å². The summed E-state index contributed by atoms with van der Waals surface area (Å²) < 4.78 is 69.5. The van der Waals surface area contributed by atoms with Crippen LogP contribution in [0.3, 0.4) is 0 Å². The maximum atomic E-state index is 14.8. The molecule has 0 saturated heterocycles. The number of para-hydroxylation sites is 1. The second-order valence-electron chi connectivity index (χ2n) is 8.70. The van der Waals surface area contributed by atoms with Gasteiger partial charge in [0.15, 0.2) is 15.7 Å². The van der Waals surface area contributed by atoms with Gasteiger partial charge in [0.1, 0.15) is 17.3 Å². The lowest BCUT2D eigenvalue weighted by atomic mass is 9.90. The van der Waals surface area contributed by atoms with Crippen molar-refractivity contribution in [3.8, 4) is 11.3 Å². The SMILES string of the molecule is Cc1cc[nH]c(=O)c1-c1nc2c(S(C)(=O)=O)cccc2cc1[C@H](c1nc(N)c2ncccc2n1)C(F)(F)F. The van der Waals surface area contributed by atoms with Crippen LogP contribution in [0.5, 0.6) is 0 Å². The summed E-state index contributed by atoms with van der Waals surface area (Å²) in [4.78, 5) is 31.6.